The van der Waals surface area contributed by atoms with E-state index in [1.807, 2.05) is 13.8 Å². The third kappa shape index (κ3) is 2.73. The summed E-state index contributed by atoms with van der Waals surface area (Å²) in [6.07, 6.45) is -3.91. The maximum absolute atomic E-state index is 13.2. The Kier molecular flexibility index (Phi) is 4.19. The van der Waals surface area contributed by atoms with Gasteiger partial charge in [-0.1, -0.05) is 13.8 Å². The Morgan fingerprint density at radius 2 is 1.90 bits per heavy atom. The van der Waals surface area contributed by atoms with Crippen molar-refractivity contribution in [3.8, 4) is 5.75 Å². The first kappa shape index (κ1) is 16.1. The van der Waals surface area contributed by atoms with Crippen molar-refractivity contribution in [2.45, 2.75) is 51.5 Å². The lowest BCUT2D eigenvalue weighted by atomic mass is 9.60. The van der Waals surface area contributed by atoms with Gasteiger partial charge in [-0.15, -0.1) is 0 Å². The summed E-state index contributed by atoms with van der Waals surface area (Å²) in [7, 11) is 0. The van der Waals surface area contributed by atoms with Crippen molar-refractivity contribution in [2.24, 2.45) is 5.41 Å². The number of benzene rings is 1. The van der Waals surface area contributed by atoms with Crippen molar-refractivity contribution in [2.75, 3.05) is 0 Å². The fourth-order valence-electron chi connectivity index (χ4n) is 3.03. The molecule has 6 heteroatoms. The normalized spacial score (nSPS) is 24.5. The van der Waals surface area contributed by atoms with Gasteiger partial charge in [-0.3, -0.25) is 0 Å². The van der Waals surface area contributed by atoms with Crippen molar-refractivity contribution in [3.05, 3.63) is 29.6 Å². The average molecular weight is 306 g/mol. The van der Waals surface area contributed by atoms with Gasteiger partial charge in [0, 0.05) is 11.8 Å². The van der Waals surface area contributed by atoms with Crippen LogP contribution in [0.25, 0.3) is 0 Å². The zero-order valence-corrected chi connectivity index (χ0v) is 11.9. The van der Waals surface area contributed by atoms with Crippen LogP contribution in [0.3, 0.4) is 0 Å². The van der Waals surface area contributed by atoms with E-state index in [0.29, 0.717) is 25.3 Å². The highest BCUT2D eigenvalue weighted by Gasteiger charge is 2.53. The summed E-state index contributed by atoms with van der Waals surface area (Å²) in [5.41, 5.74) is -1.77. The van der Waals surface area contributed by atoms with E-state index >= 15 is 0 Å². The summed E-state index contributed by atoms with van der Waals surface area (Å²) in [6.45, 7) is 3.82. The van der Waals surface area contributed by atoms with E-state index in [1.54, 1.807) is 0 Å². The second-order valence-corrected chi connectivity index (χ2v) is 5.44. The van der Waals surface area contributed by atoms with Gasteiger partial charge in [0.1, 0.15) is 17.7 Å². The molecule has 21 heavy (non-hydrogen) atoms. The topological polar surface area (TPSA) is 29.5 Å². The highest BCUT2D eigenvalue weighted by Crippen LogP contribution is 2.49. The van der Waals surface area contributed by atoms with E-state index in [2.05, 4.69) is 0 Å². The van der Waals surface area contributed by atoms with Crippen LogP contribution in [0.5, 0.6) is 5.75 Å². The van der Waals surface area contributed by atoms with Crippen molar-refractivity contribution in [3.63, 3.8) is 0 Å². The van der Waals surface area contributed by atoms with Crippen LogP contribution in [-0.2, 0) is 6.18 Å². The molecule has 2 rings (SSSR count). The van der Waals surface area contributed by atoms with Gasteiger partial charge in [0.15, 0.2) is 0 Å². The summed E-state index contributed by atoms with van der Waals surface area (Å²) in [5, 5.41) is 9.91. The molecule has 1 aliphatic rings. The van der Waals surface area contributed by atoms with Crippen LogP contribution in [-0.4, -0.2) is 17.3 Å². The van der Waals surface area contributed by atoms with Gasteiger partial charge in [0.05, 0.1) is 11.7 Å². The van der Waals surface area contributed by atoms with Gasteiger partial charge in [-0.2, -0.15) is 13.2 Å². The molecule has 2 unspecified atom stereocenters. The highest BCUT2D eigenvalue weighted by molar-refractivity contribution is 5.32. The van der Waals surface area contributed by atoms with E-state index in [1.165, 1.54) is 6.07 Å². The Bertz CT molecular complexity index is 509. The molecule has 2 nitrogen and oxygen atoms in total. The predicted molar refractivity (Wildman–Crippen MR) is 69.5 cm³/mol. The quantitative estimate of drug-likeness (QED) is 0.846. The molecule has 1 aromatic carbocycles. The second-order valence-electron chi connectivity index (χ2n) is 5.44. The lowest BCUT2D eigenvalue weighted by Gasteiger charge is -2.52. The van der Waals surface area contributed by atoms with Crippen LogP contribution in [0.4, 0.5) is 17.6 Å². The van der Waals surface area contributed by atoms with Crippen LogP contribution in [0.1, 0.15) is 38.7 Å². The lowest BCUT2D eigenvalue weighted by molar-refractivity contribution is -0.160. The molecule has 0 aliphatic heterocycles. The third-order valence-corrected chi connectivity index (χ3v) is 4.58. The van der Waals surface area contributed by atoms with Gasteiger partial charge in [0.25, 0.3) is 0 Å². The number of alkyl halides is 3. The summed E-state index contributed by atoms with van der Waals surface area (Å²) in [5.74, 6) is -1.34. The molecule has 1 aliphatic carbocycles. The maximum atomic E-state index is 13.2. The van der Waals surface area contributed by atoms with Crippen LogP contribution in [0.15, 0.2) is 18.2 Å². The molecule has 0 saturated heterocycles. The summed E-state index contributed by atoms with van der Waals surface area (Å²) >= 11 is 0. The van der Waals surface area contributed by atoms with Gasteiger partial charge >= 0.3 is 6.18 Å². The zero-order valence-electron chi connectivity index (χ0n) is 11.9. The van der Waals surface area contributed by atoms with Gasteiger partial charge < -0.3 is 9.84 Å². The minimum Gasteiger partial charge on any atom is -0.490 e. The molecule has 0 spiro atoms. The van der Waals surface area contributed by atoms with Crippen LogP contribution >= 0.6 is 0 Å². The Balaban J connectivity index is 2.22. The molecule has 0 heterocycles. The fraction of sp³-hybridized carbons (Fsp3) is 0.600. The SMILES string of the molecule is CCC1(CC)C(O)CC1Oc1ccc(F)c(C(F)(F)F)c1. The van der Waals surface area contributed by atoms with E-state index in [9.17, 15) is 22.7 Å². The molecule has 0 bridgehead atoms. The lowest BCUT2D eigenvalue weighted by Crippen LogP contribution is -2.59. The smallest absolute Gasteiger partial charge is 0.419 e. The van der Waals surface area contributed by atoms with Crippen molar-refractivity contribution in [1.29, 1.82) is 0 Å². The second kappa shape index (κ2) is 5.48. The monoisotopic (exact) mass is 306 g/mol. The Morgan fingerprint density at radius 1 is 1.29 bits per heavy atom. The first-order valence-electron chi connectivity index (χ1n) is 6.96. The molecule has 2 atom stereocenters. The van der Waals surface area contributed by atoms with Gasteiger partial charge in [0.2, 0.25) is 0 Å². The molecule has 1 fully saturated rings. The minimum absolute atomic E-state index is 0.0214. The number of rotatable bonds is 4. The van der Waals surface area contributed by atoms with E-state index in [-0.39, 0.29) is 11.9 Å². The number of halogens is 4. The van der Waals surface area contributed by atoms with Crippen molar-refractivity contribution < 1.29 is 27.4 Å². The van der Waals surface area contributed by atoms with E-state index < -0.39 is 29.1 Å². The molecule has 1 saturated carbocycles. The maximum Gasteiger partial charge on any atom is 0.419 e. The van der Waals surface area contributed by atoms with Crippen LogP contribution in [0.2, 0.25) is 0 Å². The first-order valence-corrected chi connectivity index (χ1v) is 6.96. The number of aliphatic hydroxyl groups excluding tert-OH is 1. The average Bonchev–Trinajstić information content (AvgIpc) is 2.40. The number of hydrogen-bond donors (Lipinski definition) is 1. The molecular weight excluding hydrogens is 288 g/mol. The minimum atomic E-state index is -4.75. The highest BCUT2D eigenvalue weighted by atomic mass is 19.4. The Labute approximate surface area is 120 Å². The fourth-order valence-corrected chi connectivity index (χ4v) is 3.03. The molecule has 118 valence electrons. The van der Waals surface area contributed by atoms with E-state index in [4.69, 9.17) is 4.74 Å². The van der Waals surface area contributed by atoms with Gasteiger partial charge in [-0.05, 0) is 31.0 Å². The molecule has 1 aromatic rings. The largest absolute Gasteiger partial charge is 0.490 e. The van der Waals surface area contributed by atoms with Crippen molar-refractivity contribution in [1.82, 2.24) is 0 Å². The predicted octanol–water partition coefficient (Wildman–Crippen LogP) is 4.16. The third-order valence-electron chi connectivity index (χ3n) is 4.58. The van der Waals surface area contributed by atoms with Crippen LogP contribution < -0.4 is 4.74 Å². The van der Waals surface area contributed by atoms with Crippen LogP contribution in [0, 0.1) is 11.2 Å². The summed E-state index contributed by atoms with van der Waals surface area (Å²) in [4.78, 5) is 0. The molecule has 0 amide bonds. The standard InChI is InChI=1S/C15H18F4O2/c1-3-14(4-2)12(20)8-13(14)21-9-5-6-11(16)10(7-9)15(17,18)19/h5-7,12-13,20H,3-4,8H2,1-2H3. The molecule has 1 N–H and O–H groups in total. The Morgan fingerprint density at radius 3 is 2.38 bits per heavy atom. The first-order chi connectivity index (χ1) is 9.74. The number of hydrogen-bond acceptors (Lipinski definition) is 2. The van der Waals surface area contributed by atoms with Crippen molar-refractivity contribution >= 4 is 0 Å². The molecular formula is C15H18F4O2. The number of ether oxygens (including phenoxy) is 1. The summed E-state index contributed by atoms with van der Waals surface area (Å²) in [6, 6.07) is 2.62. The Hall–Kier alpha value is -1.30. The summed E-state index contributed by atoms with van der Waals surface area (Å²) < 4.78 is 56.8. The van der Waals surface area contributed by atoms with Gasteiger partial charge in [-0.25, -0.2) is 4.39 Å². The zero-order chi connectivity index (χ0) is 15.8. The molecule has 0 aromatic heterocycles. The van der Waals surface area contributed by atoms with E-state index in [0.717, 1.165) is 6.07 Å². The number of aliphatic hydroxyl groups is 1. The molecule has 0 radical (unpaired) electrons.